The molecule has 1 aliphatic rings. The molecule has 0 aliphatic carbocycles. The van der Waals surface area contributed by atoms with Crippen LogP contribution < -0.4 is 0 Å². The van der Waals surface area contributed by atoms with Crippen LogP contribution in [-0.4, -0.2) is 15.3 Å². The van der Waals surface area contributed by atoms with E-state index in [0.717, 1.165) is 24.4 Å². The monoisotopic (exact) mass is 200 g/mol. The Hall–Kier alpha value is -1.77. The highest BCUT2D eigenvalue weighted by Crippen LogP contribution is 2.30. The van der Waals surface area contributed by atoms with Crippen molar-refractivity contribution < 1.29 is 4.79 Å². The summed E-state index contributed by atoms with van der Waals surface area (Å²) < 4.78 is 2.16. The van der Waals surface area contributed by atoms with Gasteiger partial charge >= 0.3 is 0 Å². The zero-order chi connectivity index (χ0) is 10.3. The van der Waals surface area contributed by atoms with Gasteiger partial charge in [-0.25, -0.2) is 0 Å². The lowest BCUT2D eigenvalue weighted by Crippen LogP contribution is -2.10. The molecular formula is C12H12N2O. The number of nitrogens with zero attached hydrogens (tertiary/aromatic N) is 1. The van der Waals surface area contributed by atoms with Crippen LogP contribution in [0.1, 0.15) is 28.5 Å². The van der Waals surface area contributed by atoms with Crippen LogP contribution in [0, 0.1) is 0 Å². The van der Waals surface area contributed by atoms with E-state index < -0.39 is 0 Å². The second kappa shape index (κ2) is 3.12. The van der Waals surface area contributed by atoms with Crippen molar-refractivity contribution >= 4 is 5.78 Å². The van der Waals surface area contributed by atoms with Crippen LogP contribution in [0.5, 0.6) is 0 Å². The van der Waals surface area contributed by atoms with Crippen molar-refractivity contribution in [2.24, 2.45) is 0 Å². The van der Waals surface area contributed by atoms with Crippen molar-refractivity contribution in [2.75, 3.05) is 0 Å². The van der Waals surface area contributed by atoms with Crippen LogP contribution in [0.2, 0.25) is 0 Å². The highest BCUT2D eigenvalue weighted by atomic mass is 16.1. The first-order valence-corrected chi connectivity index (χ1v) is 5.19. The van der Waals surface area contributed by atoms with E-state index in [4.69, 9.17) is 0 Å². The van der Waals surface area contributed by atoms with E-state index in [0.29, 0.717) is 0 Å². The Balaban J connectivity index is 1.95. The van der Waals surface area contributed by atoms with Gasteiger partial charge in [-0.3, -0.25) is 4.79 Å². The summed E-state index contributed by atoms with van der Waals surface area (Å²) in [5, 5.41) is 0. The first kappa shape index (κ1) is 8.53. The van der Waals surface area contributed by atoms with Gasteiger partial charge in [-0.2, -0.15) is 0 Å². The topological polar surface area (TPSA) is 37.8 Å². The van der Waals surface area contributed by atoms with E-state index >= 15 is 0 Å². The van der Waals surface area contributed by atoms with Crippen molar-refractivity contribution in [1.29, 1.82) is 0 Å². The van der Waals surface area contributed by atoms with Gasteiger partial charge in [0.25, 0.3) is 0 Å². The molecule has 1 aliphatic heterocycles. The lowest BCUT2D eigenvalue weighted by Gasteiger charge is -2.06. The number of H-pyrrole nitrogens is 1. The number of aromatic amines is 1. The van der Waals surface area contributed by atoms with E-state index in [1.807, 2.05) is 30.5 Å². The molecule has 0 aromatic carbocycles. The summed E-state index contributed by atoms with van der Waals surface area (Å²) in [7, 11) is 0. The summed E-state index contributed by atoms with van der Waals surface area (Å²) in [6, 6.07) is 7.75. The van der Waals surface area contributed by atoms with Crippen molar-refractivity contribution in [2.45, 2.75) is 18.9 Å². The standard InChI is InChI=1S/C12H12N2O/c15-12(10-3-1-6-13-10)9-5-8-14-7-2-4-11(9)14/h1-4,6-7,9,13H,5,8H2. The molecule has 0 saturated carbocycles. The molecule has 15 heavy (non-hydrogen) atoms. The van der Waals surface area contributed by atoms with E-state index in [9.17, 15) is 4.79 Å². The highest BCUT2D eigenvalue weighted by Gasteiger charge is 2.29. The number of hydrogen-bond acceptors (Lipinski definition) is 1. The number of Topliss-reactive ketones (excluding diaryl/α,β-unsaturated/α-hetero) is 1. The Morgan fingerprint density at radius 3 is 3.13 bits per heavy atom. The molecule has 0 amide bonds. The van der Waals surface area contributed by atoms with E-state index in [2.05, 4.69) is 9.55 Å². The van der Waals surface area contributed by atoms with Gasteiger partial charge in [-0.05, 0) is 30.7 Å². The number of rotatable bonds is 2. The minimum atomic E-state index is 0.0404. The number of carbonyl (C=O) groups excluding carboxylic acids is 1. The predicted molar refractivity (Wildman–Crippen MR) is 56.9 cm³/mol. The number of aryl methyl sites for hydroxylation is 1. The fraction of sp³-hybridized carbons (Fsp3) is 0.250. The molecule has 0 bridgehead atoms. The molecule has 0 radical (unpaired) electrons. The van der Waals surface area contributed by atoms with Gasteiger partial charge < -0.3 is 9.55 Å². The van der Waals surface area contributed by atoms with Crippen LogP contribution in [0.15, 0.2) is 36.7 Å². The number of fused-ring (bicyclic) bond motifs is 1. The van der Waals surface area contributed by atoms with Gasteiger partial charge in [-0.1, -0.05) is 0 Å². The van der Waals surface area contributed by atoms with E-state index in [1.165, 1.54) is 0 Å². The molecule has 3 heteroatoms. The first-order valence-electron chi connectivity index (χ1n) is 5.19. The minimum Gasteiger partial charge on any atom is -0.359 e. The number of ketones is 1. The zero-order valence-corrected chi connectivity index (χ0v) is 8.31. The average molecular weight is 200 g/mol. The molecular weight excluding hydrogens is 188 g/mol. The van der Waals surface area contributed by atoms with Gasteiger partial charge in [0.05, 0.1) is 11.6 Å². The van der Waals surface area contributed by atoms with Crippen molar-refractivity contribution in [1.82, 2.24) is 9.55 Å². The molecule has 3 heterocycles. The van der Waals surface area contributed by atoms with Crippen LogP contribution in [0.3, 0.4) is 0 Å². The quantitative estimate of drug-likeness (QED) is 0.741. The summed E-state index contributed by atoms with van der Waals surface area (Å²) >= 11 is 0. The smallest absolute Gasteiger partial charge is 0.187 e. The summed E-state index contributed by atoms with van der Waals surface area (Å²) in [5.74, 6) is 0.246. The van der Waals surface area contributed by atoms with Gasteiger partial charge in [0.15, 0.2) is 5.78 Å². The normalized spacial score (nSPS) is 19.1. The molecule has 3 rings (SSSR count). The molecule has 3 nitrogen and oxygen atoms in total. The second-order valence-electron chi connectivity index (χ2n) is 3.92. The minimum absolute atomic E-state index is 0.0404. The summed E-state index contributed by atoms with van der Waals surface area (Å²) in [5.41, 5.74) is 1.87. The van der Waals surface area contributed by atoms with Crippen molar-refractivity contribution in [3.63, 3.8) is 0 Å². The molecule has 76 valence electrons. The lowest BCUT2D eigenvalue weighted by atomic mass is 9.97. The Labute approximate surface area is 87.7 Å². The third kappa shape index (κ3) is 1.23. The molecule has 0 fully saturated rings. The molecule has 2 aromatic heterocycles. The maximum absolute atomic E-state index is 12.1. The summed E-state index contributed by atoms with van der Waals surface area (Å²) in [6.45, 7) is 0.958. The SMILES string of the molecule is O=C(c1ccc[nH]1)C1CCn2cccc21. The van der Waals surface area contributed by atoms with E-state index in [-0.39, 0.29) is 11.7 Å². The third-order valence-electron chi connectivity index (χ3n) is 3.06. The molecule has 1 atom stereocenters. The summed E-state index contributed by atoms with van der Waals surface area (Å²) in [6.07, 6.45) is 4.76. The number of nitrogens with one attached hydrogen (secondary N) is 1. The van der Waals surface area contributed by atoms with Crippen molar-refractivity contribution in [3.8, 4) is 0 Å². The Morgan fingerprint density at radius 1 is 1.40 bits per heavy atom. The number of carbonyl (C=O) groups is 1. The second-order valence-corrected chi connectivity index (χ2v) is 3.92. The van der Waals surface area contributed by atoms with Gasteiger partial charge in [-0.15, -0.1) is 0 Å². The Morgan fingerprint density at radius 2 is 2.33 bits per heavy atom. The maximum Gasteiger partial charge on any atom is 0.187 e. The third-order valence-corrected chi connectivity index (χ3v) is 3.06. The van der Waals surface area contributed by atoms with Crippen LogP contribution >= 0.6 is 0 Å². The number of hydrogen-bond donors (Lipinski definition) is 1. The van der Waals surface area contributed by atoms with Gasteiger partial charge in [0, 0.05) is 24.6 Å². The summed E-state index contributed by atoms with van der Waals surface area (Å²) in [4.78, 5) is 15.1. The predicted octanol–water partition coefficient (Wildman–Crippen LogP) is 2.19. The van der Waals surface area contributed by atoms with Gasteiger partial charge in [0.1, 0.15) is 0 Å². The van der Waals surface area contributed by atoms with Crippen molar-refractivity contribution in [3.05, 3.63) is 48.0 Å². The maximum atomic E-state index is 12.1. The first-order chi connectivity index (χ1) is 7.36. The molecule has 0 spiro atoms. The van der Waals surface area contributed by atoms with E-state index in [1.54, 1.807) is 6.20 Å². The fourth-order valence-corrected chi connectivity index (χ4v) is 2.30. The molecule has 2 aromatic rings. The molecule has 0 saturated heterocycles. The molecule has 1 unspecified atom stereocenters. The average Bonchev–Trinajstić information content (AvgIpc) is 2.94. The van der Waals surface area contributed by atoms with Gasteiger partial charge in [0.2, 0.25) is 0 Å². The Kier molecular flexibility index (Phi) is 1.78. The zero-order valence-electron chi connectivity index (χ0n) is 8.31. The van der Waals surface area contributed by atoms with Crippen LogP contribution in [-0.2, 0) is 6.54 Å². The van der Waals surface area contributed by atoms with Crippen LogP contribution in [0.25, 0.3) is 0 Å². The fourth-order valence-electron chi connectivity index (χ4n) is 2.30. The highest BCUT2D eigenvalue weighted by molar-refractivity contribution is 5.99. The van der Waals surface area contributed by atoms with Crippen LogP contribution in [0.4, 0.5) is 0 Å². The largest absolute Gasteiger partial charge is 0.359 e. The lowest BCUT2D eigenvalue weighted by molar-refractivity contribution is 0.0955. The molecule has 1 N–H and O–H groups in total. The number of aromatic nitrogens is 2. The Bertz CT molecular complexity index is 481.